The van der Waals surface area contributed by atoms with Crippen molar-refractivity contribution in [3.63, 3.8) is 0 Å². The lowest BCUT2D eigenvalue weighted by Gasteiger charge is -2.22. The molecule has 3 unspecified atom stereocenters. The van der Waals surface area contributed by atoms with E-state index in [1.165, 1.54) is 4.90 Å². The minimum Gasteiger partial charge on any atom is -0.454 e. The number of carbonyl (C=O) groups excluding carboxylic acids is 4. The summed E-state index contributed by atoms with van der Waals surface area (Å²) < 4.78 is 6.06. The van der Waals surface area contributed by atoms with Crippen molar-refractivity contribution >= 4 is 67.7 Å². The van der Waals surface area contributed by atoms with Crippen molar-refractivity contribution in [1.82, 2.24) is 4.98 Å². The highest BCUT2D eigenvalue weighted by Crippen LogP contribution is 2.41. The molecule has 2 amide bonds. The van der Waals surface area contributed by atoms with Crippen molar-refractivity contribution in [2.24, 2.45) is 17.8 Å². The molecule has 2 aliphatic rings. The number of halogens is 2. The third-order valence-electron chi connectivity index (χ3n) is 8.17. The number of allylic oxidation sites excluding steroid dienone is 2. The summed E-state index contributed by atoms with van der Waals surface area (Å²) in [7, 11) is 0. The predicted molar refractivity (Wildman–Crippen MR) is 168 cm³/mol. The number of aromatic nitrogens is 1. The van der Waals surface area contributed by atoms with Crippen molar-refractivity contribution in [3.05, 3.63) is 105 Å². The molecule has 1 aliphatic carbocycles. The fourth-order valence-corrected chi connectivity index (χ4v) is 6.55. The average molecular weight is 658 g/mol. The maximum atomic E-state index is 13.4. The largest absolute Gasteiger partial charge is 0.454 e. The van der Waals surface area contributed by atoms with Crippen LogP contribution in [0.25, 0.3) is 22.2 Å². The molecule has 0 N–H and O–H groups in total. The van der Waals surface area contributed by atoms with Crippen LogP contribution in [0.15, 0.2) is 83.4 Å². The Bertz CT molecular complexity index is 1840. The van der Waals surface area contributed by atoms with Gasteiger partial charge in [0.2, 0.25) is 11.8 Å². The minimum atomic E-state index is -0.679. The lowest BCUT2D eigenvalue weighted by atomic mass is 9.78. The van der Waals surface area contributed by atoms with Crippen molar-refractivity contribution in [3.8, 4) is 11.3 Å². The third kappa shape index (κ3) is 5.19. The van der Waals surface area contributed by atoms with Gasteiger partial charge in [0, 0.05) is 21.0 Å². The Kier molecular flexibility index (Phi) is 7.75. The summed E-state index contributed by atoms with van der Waals surface area (Å²) in [4.78, 5) is 58.5. The number of anilines is 1. The standard InChI is InChI=1S/C34H26BrClN2O5/c1-18-7-6-10-23-29(18)33(41)38(32(23)40)22-13-11-20(12-14-22)27-16-25(24-15-26(35)30(36)19(2)31(24)37-27)34(42)43-17-28(39)21-8-4-3-5-9-21/h3-9,11-16,18,23,29H,10,17H2,1-2H3. The Hall–Kier alpha value is -4.14. The summed E-state index contributed by atoms with van der Waals surface area (Å²) in [5.74, 6) is -2.07. The smallest absolute Gasteiger partial charge is 0.339 e. The molecule has 0 saturated carbocycles. The van der Waals surface area contributed by atoms with Crippen LogP contribution in [0.1, 0.15) is 39.6 Å². The highest BCUT2D eigenvalue weighted by Gasteiger charge is 2.50. The number of esters is 1. The van der Waals surface area contributed by atoms with E-state index in [1.807, 2.05) is 26.0 Å². The van der Waals surface area contributed by atoms with Gasteiger partial charge in [0.1, 0.15) is 0 Å². The molecule has 43 heavy (non-hydrogen) atoms. The lowest BCUT2D eigenvalue weighted by Crippen LogP contribution is -2.31. The molecule has 9 heteroatoms. The zero-order chi connectivity index (χ0) is 30.4. The van der Waals surface area contributed by atoms with Gasteiger partial charge in [-0.25, -0.2) is 9.78 Å². The zero-order valence-corrected chi connectivity index (χ0v) is 25.7. The summed E-state index contributed by atoms with van der Waals surface area (Å²) in [5, 5.41) is 0.979. The van der Waals surface area contributed by atoms with Crippen LogP contribution in [0.4, 0.5) is 5.69 Å². The number of fused-ring (bicyclic) bond motifs is 2. The third-order valence-corrected chi connectivity index (χ3v) is 9.51. The van der Waals surface area contributed by atoms with Gasteiger partial charge in [0.15, 0.2) is 12.4 Å². The maximum absolute atomic E-state index is 13.4. The first kappa shape index (κ1) is 29.0. The summed E-state index contributed by atoms with van der Waals surface area (Å²) in [6, 6.07) is 18.9. The number of rotatable bonds is 6. The molecule has 7 nitrogen and oxygen atoms in total. The average Bonchev–Trinajstić information content (AvgIpc) is 3.28. The number of benzene rings is 3. The van der Waals surface area contributed by atoms with E-state index in [0.29, 0.717) is 54.9 Å². The van der Waals surface area contributed by atoms with Crippen LogP contribution >= 0.6 is 27.5 Å². The van der Waals surface area contributed by atoms with Crippen molar-refractivity contribution < 1.29 is 23.9 Å². The van der Waals surface area contributed by atoms with E-state index in [9.17, 15) is 19.2 Å². The molecule has 1 aliphatic heterocycles. The fourth-order valence-electron chi connectivity index (χ4n) is 5.88. The summed E-state index contributed by atoms with van der Waals surface area (Å²) in [6.07, 6.45) is 4.53. The molecule has 216 valence electrons. The summed E-state index contributed by atoms with van der Waals surface area (Å²) in [5.41, 5.74) is 3.45. The Morgan fingerprint density at radius 1 is 1.05 bits per heavy atom. The lowest BCUT2D eigenvalue weighted by molar-refractivity contribution is -0.122. The van der Waals surface area contributed by atoms with Gasteiger partial charge < -0.3 is 4.74 Å². The number of hydrogen-bond donors (Lipinski definition) is 0. The van der Waals surface area contributed by atoms with Gasteiger partial charge in [0.25, 0.3) is 0 Å². The first-order valence-corrected chi connectivity index (χ1v) is 15.0. The quantitative estimate of drug-likeness (QED) is 0.0931. The first-order valence-electron chi connectivity index (χ1n) is 13.9. The number of pyridine rings is 1. The molecule has 1 fully saturated rings. The van der Waals surface area contributed by atoms with Gasteiger partial charge in [0.05, 0.1) is 39.3 Å². The van der Waals surface area contributed by atoms with E-state index in [2.05, 4.69) is 15.9 Å². The van der Waals surface area contributed by atoms with Crippen molar-refractivity contribution in [2.45, 2.75) is 20.3 Å². The number of carbonyl (C=O) groups is 4. The van der Waals surface area contributed by atoms with Gasteiger partial charge >= 0.3 is 5.97 Å². The predicted octanol–water partition coefficient (Wildman–Crippen LogP) is 7.37. The molecular weight excluding hydrogens is 632 g/mol. The molecule has 3 atom stereocenters. The number of ether oxygens (including phenoxy) is 1. The minimum absolute atomic E-state index is 0.00228. The molecule has 2 heterocycles. The van der Waals surface area contributed by atoms with Crippen LogP contribution in [0.5, 0.6) is 0 Å². The highest BCUT2D eigenvalue weighted by atomic mass is 79.9. The molecule has 4 aromatic rings. The fraction of sp³-hybridized carbons (Fsp3) is 0.206. The SMILES string of the molecule is Cc1c(Cl)c(Br)cc2c(C(=O)OCC(=O)c3ccccc3)cc(-c3ccc(N4C(=O)C5CC=CC(C)C5C4=O)cc3)nc12. The Morgan fingerprint density at radius 3 is 2.47 bits per heavy atom. The van der Waals surface area contributed by atoms with Crippen LogP contribution < -0.4 is 4.90 Å². The molecular formula is C34H26BrClN2O5. The second kappa shape index (κ2) is 11.5. The van der Waals surface area contributed by atoms with Gasteiger partial charge in [-0.3, -0.25) is 19.3 Å². The Balaban J connectivity index is 1.34. The van der Waals surface area contributed by atoms with Crippen LogP contribution in [0, 0.1) is 24.7 Å². The molecule has 0 bridgehead atoms. The Labute approximate surface area is 261 Å². The molecule has 1 aromatic heterocycles. The zero-order valence-electron chi connectivity index (χ0n) is 23.3. The normalized spacial score (nSPS) is 19.5. The van der Waals surface area contributed by atoms with Crippen LogP contribution in [-0.2, 0) is 14.3 Å². The van der Waals surface area contributed by atoms with Gasteiger partial charge in [-0.05, 0) is 65.0 Å². The van der Waals surface area contributed by atoms with E-state index >= 15 is 0 Å². The van der Waals surface area contributed by atoms with Crippen molar-refractivity contribution in [2.75, 3.05) is 11.5 Å². The highest BCUT2D eigenvalue weighted by molar-refractivity contribution is 9.10. The van der Waals surface area contributed by atoms with Crippen molar-refractivity contribution in [1.29, 1.82) is 0 Å². The summed E-state index contributed by atoms with van der Waals surface area (Å²) >= 11 is 9.97. The molecule has 3 aromatic carbocycles. The number of imide groups is 1. The number of Topliss-reactive ketones (excluding diaryl/α,β-unsaturated/α-hetero) is 1. The number of amides is 2. The molecule has 6 rings (SSSR count). The first-order chi connectivity index (χ1) is 20.7. The second-order valence-electron chi connectivity index (χ2n) is 10.8. The van der Waals surface area contributed by atoms with E-state index in [0.717, 1.165) is 0 Å². The van der Waals surface area contributed by atoms with Crippen LogP contribution in [0.2, 0.25) is 5.02 Å². The van der Waals surface area contributed by atoms with E-state index in [-0.39, 0.29) is 40.9 Å². The molecule has 0 spiro atoms. The van der Waals surface area contributed by atoms with Gasteiger partial charge in [-0.15, -0.1) is 0 Å². The second-order valence-corrected chi connectivity index (χ2v) is 12.1. The molecule has 0 radical (unpaired) electrons. The van der Waals surface area contributed by atoms with Gasteiger partial charge in [-0.2, -0.15) is 0 Å². The number of nitrogens with zero attached hydrogens (tertiary/aromatic N) is 2. The summed E-state index contributed by atoms with van der Waals surface area (Å²) in [6.45, 7) is 3.35. The number of hydrogen-bond acceptors (Lipinski definition) is 6. The van der Waals surface area contributed by atoms with E-state index in [4.69, 9.17) is 21.3 Å². The Morgan fingerprint density at radius 2 is 1.77 bits per heavy atom. The van der Waals surface area contributed by atoms with E-state index in [1.54, 1.807) is 66.7 Å². The maximum Gasteiger partial charge on any atom is 0.339 e. The number of aryl methyl sites for hydroxylation is 1. The van der Waals surface area contributed by atoms with Crippen LogP contribution in [0.3, 0.4) is 0 Å². The van der Waals surface area contributed by atoms with E-state index < -0.39 is 12.6 Å². The molecule has 1 saturated heterocycles. The number of ketones is 1. The topological polar surface area (TPSA) is 93.6 Å². The van der Waals surface area contributed by atoms with Crippen LogP contribution in [-0.4, -0.2) is 35.2 Å². The van der Waals surface area contributed by atoms with Gasteiger partial charge in [-0.1, -0.05) is 73.1 Å². The monoisotopic (exact) mass is 656 g/mol.